The average Bonchev–Trinajstić information content (AvgIpc) is 1.25. The minimum Gasteiger partial charge on any atom is -0.356 e. The topological polar surface area (TPSA) is 133 Å². The van der Waals surface area contributed by atoms with Gasteiger partial charge in [-0.05, 0) is 0 Å². The SMILES string of the molecule is O=[N+]([O-])[O-].[Na+].[O-][Cl+2]([O-])O. The molecule has 0 spiro atoms. The zero-order valence-electron chi connectivity index (χ0n) is 4.31. The number of halogens is 1. The third kappa shape index (κ3) is 2480. The Labute approximate surface area is 74.7 Å². The van der Waals surface area contributed by atoms with Crippen molar-refractivity contribution in [2.75, 3.05) is 0 Å². The van der Waals surface area contributed by atoms with Gasteiger partial charge in [0.15, 0.2) is 0 Å². The molecule has 0 aliphatic rings. The first-order valence-electron chi connectivity index (χ1n) is 1.03. The van der Waals surface area contributed by atoms with E-state index in [-0.39, 0.29) is 29.6 Å². The van der Waals surface area contributed by atoms with Gasteiger partial charge in [0.2, 0.25) is 0 Å². The summed E-state index contributed by atoms with van der Waals surface area (Å²) in [6.07, 6.45) is 0. The van der Waals surface area contributed by atoms with E-state index >= 15 is 0 Å². The minimum absolute atomic E-state index is 0. The van der Waals surface area contributed by atoms with Crippen molar-refractivity contribution in [2.24, 2.45) is 0 Å². The van der Waals surface area contributed by atoms with E-state index in [4.69, 9.17) is 29.3 Å². The Balaban J connectivity index is -0.0000000720. The number of hydrogen-bond acceptors (Lipinski definition) is 6. The maximum atomic E-state index is 8.52. The number of hydrogen-bond donors (Lipinski definition) is 1. The van der Waals surface area contributed by atoms with Crippen LogP contribution in [-0.4, -0.2) is 9.75 Å². The maximum absolute atomic E-state index is 8.52. The predicted octanol–water partition coefficient (Wildman–Crippen LogP) is -6.17. The van der Waals surface area contributed by atoms with E-state index < -0.39 is 15.9 Å². The fraction of sp³-hybridized carbons (Fsp3) is 0. The molecule has 0 saturated carbocycles. The molecule has 9 heavy (non-hydrogen) atoms. The van der Waals surface area contributed by atoms with E-state index in [1.165, 1.54) is 0 Å². The van der Waals surface area contributed by atoms with Crippen LogP contribution in [0.4, 0.5) is 0 Å². The molecule has 0 fully saturated rings. The summed E-state index contributed by atoms with van der Waals surface area (Å²) in [5, 5.41) is 14.8. The third-order valence-electron chi connectivity index (χ3n) is 0. The van der Waals surface area contributed by atoms with Crippen LogP contribution >= 0.6 is 0 Å². The van der Waals surface area contributed by atoms with Gasteiger partial charge in [-0.25, -0.2) is 0 Å². The van der Waals surface area contributed by atoms with Crippen molar-refractivity contribution in [3.8, 4) is 0 Å². The van der Waals surface area contributed by atoms with E-state index in [2.05, 4.69) is 0 Å². The zero-order chi connectivity index (χ0) is 7.15. The second-order valence-corrected chi connectivity index (χ2v) is 0.827. The summed E-state index contributed by atoms with van der Waals surface area (Å²) in [6, 6.07) is 0. The fourth-order valence-corrected chi connectivity index (χ4v) is 0. The standard InChI is InChI=1S/ClHO3.NO3.Na/c2*2-1(3)4;/h2H;;/q;-1;+1. The molecule has 9 heteroatoms. The maximum Gasteiger partial charge on any atom is 1.00 e. The first kappa shape index (κ1) is 16.2. The molecule has 0 rings (SSSR count). The van der Waals surface area contributed by atoms with Gasteiger partial charge in [-0.1, -0.05) is 0 Å². The van der Waals surface area contributed by atoms with E-state index in [0.29, 0.717) is 0 Å². The second-order valence-electron chi connectivity index (χ2n) is 0.425. The van der Waals surface area contributed by atoms with Crippen molar-refractivity contribution in [1.82, 2.24) is 0 Å². The van der Waals surface area contributed by atoms with Crippen LogP contribution in [0.5, 0.6) is 0 Å². The van der Waals surface area contributed by atoms with Crippen LogP contribution in [-0.2, 0) is 0 Å². The van der Waals surface area contributed by atoms with Gasteiger partial charge in [-0.3, -0.25) is 0 Å². The van der Waals surface area contributed by atoms with E-state index in [0.717, 1.165) is 0 Å². The monoisotopic (exact) mass is 169 g/mol. The Morgan fingerprint density at radius 2 is 1.33 bits per heavy atom. The molecule has 0 atom stereocenters. The molecule has 0 unspecified atom stereocenters. The molecule has 0 aromatic heterocycles. The molecule has 50 valence electrons. The van der Waals surface area contributed by atoms with E-state index in [9.17, 15) is 0 Å². The van der Waals surface area contributed by atoms with E-state index in [1.54, 1.807) is 0 Å². The Morgan fingerprint density at radius 1 is 1.33 bits per heavy atom. The zero-order valence-corrected chi connectivity index (χ0v) is 7.07. The van der Waals surface area contributed by atoms with Gasteiger partial charge in [-0.15, -0.1) is 0 Å². The summed E-state index contributed by atoms with van der Waals surface area (Å²) in [5.74, 6) is 0. The summed E-state index contributed by atoms with van der Waals surface area (Å²) in [4.78, 5) is 8.25. The molecule has 0 amide bonds. The van der Waals surface area contributed by atoms with Gasteiger partial charge in [0.05, 0.1) is 5.09 Å². The van der Waals surface area contributed by atoms with Crippen molar-refractivity contribution >= 4 is 0 Å². The van der Waals surface area contributed by atoms with Crippen LogP contribution in [0.3, 0.4) is 0 Å². The molecule has 7 nitrogen and oxygen atoms in total. The van der Waals surface area contributed by atoms with Gasteiger partial charge < -0.3 is 24.6 Å². The molecule has 0 aromatic carbocycles. The van der Waals surface area contributed by atoms with Crippen molar-refractivity contribution in [1.29, 1.82) is 0 Å². The molecule has 0 aliphatic heterocycles. The first-order valence-corrected chi connectivity index (χ1v) is 1.98. The molecular formula is HClNNaO6. The molecule has 0 saturated heterocycles. The van der Waals surface area contributed by atoms with Gasteiger partial charge in [0.25, 0.3) is 10.8 Å². The Kier molecular flexibility index (Phi) is 20.1. The summed E-state index contributed by atoms with van der Waals surface area (Å²) < 4.78 is 24.0. The Hall–Kier alpha value is 0.370. The van der Waals surface area contributed by atoms with Gasteiger partial charge >= 0.3 is 29.6 Å². The van der Waals surface area contributed by atoms with Crippen molar-refractivity contribution in [2.45, 2.75) is 0 Å². The quantitative estimate of drug-likeness (QED) is 0.218. The molecule has 0 bridgehead atoms. The molecule has 0 radical (unpaired) electrons. The summed E-state index contributed by atoms with van der Waals surface area (Å²) in [6.45, 7) is 0. The summed E-state index contributed by atoms with van der Waals surface area (Å²) in [5.41, 5.74) is 0. The smallest absolute Gasteiger partial charge is 0.356 e. The summed E-state index contributed by atoms with van der Waals surface area (Å²) in [7, 11) is -2.60. The Bertz CT molecular complexity index is 57.3. The van der Waals surface area contributed by atoms with E-state index in [1.807, 2.05) is 0 Å². The Morgan fingerprint density at radius 3 is 1.33 bits per heavy atom. The minimum atomic E-state index is -2.60. The van der Waals surface area contributed by atoms with Crippen molar-refractivity contribution < 1.29 is 59.4 Å². The normalized spacial score (nSPS) is 6.67. The van der Waals surface area contributed by atoms with Crippen LogP contribution in [0.1, 0.15) is 0 Å². The van der Waals surface area contributed by atoms with Crippen LogP contribution in [0.2, 0.25) is 0 Å². The van der Waals surface area contributed by atoms with Gasteiger partial charge in [0, 0.05) is 4.66 Å². The molecule has 1 N–H and O–H groups in total. The molecule has 0 aromatic rings. The van der Waals surface area contributed by atoms with Crippen molar-refractivity contribution in [3.05, 3.63) is 15.3 Å². The predicted molar refractivity (Wildman–Crippen MR) is 12.6 cm³/mol. The molecule has 0 aliphatic carbocycles. The molecular weight excluding hydrogens is 168 g/mol. The summed E-state index contributed by atoms with van der Waals surface area (Å²) >= 11 is 0. The molecule has 0 heterocycles. The first-order chi connectivity index (χ1) is 3.46. The second kappa shape index (κ2) is 11.2. The van der Waals surface area contributed by atoms with Gasteiger partial charge in [0.1, 0.15) is 0 Å². The number of rotatable bonds is 0. The van der Waals surface area contributed by atoms with Crippen LogP contribution in [0, 0.1) is 26.1 Å². The fourth-order valence-electron chi connectivity index (χ4n) is 0. The average molecular weight is 169 g/mol. The largest absolute Gasteiger partial charge is 1.00 e. The van der Waals surface area contributed by atoms with Gasteiger partial charge in [-0.2, -0.15) is 0 Å². The third-order valence-corrected chi connectivity index (χ3v) is 0. The van der Waals surface area contributed by atoms with Crippen LogP contribution < -0.4 is 38.9 Å². The van der Waals surface area contributed by atoms with Crippen LogP contribution in [0.15, 0.2) is 0 Å². The number of nitrogens with zero attached hydrogens (tertiary/aromatic N) is 1. The van der Waals surface area contributed by atoms with Crippen LogP contribution in [0.25, 0.3) is 0 Å². The van der Waals surface area contributed by atoms with Crippen molar-refractivity contribution in [3.63, 3.8) is 0 Å².